The van der Waals surface area contributed by atoms with E-state index < -0.39 is 23.9 Å². The van der Waals surface area contributed by atoms with Crippen LogP contribution in [0.25, 0.3) is 0 Å². The standard InChI is InChI=1S/2C2H2O4.2K.2H2O.O.Ti.2H/c2*3-1(4)2(5)6;;;;;;;;/h2*(H,3,4)(H,5,6);;;2*1H2;;;;/q;;2*+1;;;;;2*-1. The maximum atomic E-state index is 9.10. The van der Waals surface area contributed by atoms with Crippen LogP contribution in [0.15, 0.2) is 0 Å². The van der Waals surface area contributed by atoms with Crippen LogP contribution < -0.4 is 103 Å². The van der Waals surface area contributed by atoms with Crippen LogP contribution in [0.2, 0.25) is 0 Å². The van der Waals surface area contributed by atoms with Crippen molar-refractivity contribution in [2.45, 2.75) is 0 Å². The van der Waals surface area contributed by atoms with E-state index in [0.29, 0.717) is 0 Å². The summed E-state index contributed by atoms with van der Waals surface area (Å²) < 4.78 is 8.25. The number of carboxylic acids is 4. The van der Waals surface area contributed by atoms with Crippen LogP contribution in [0.1, 0.15) is 2.85 Å². The summed E-state index contributed by atoms with van der Waals surface area (Å²) in [4.78, 5) is 36.4. The predicted octanol–water partition coefficient (Wildman–Crippen LogP) is -9.23. The third kappa shape index (κ3) is 52.6. The van der Waals surface area contributed by atoms with Crippen molar-refractivity contribution in [3.63, 3.8) is 0 Å². The van der Waals surface area contributed by atoms with Gasteiger partial charge in [0.15, 0.2) is 0 Å². The summed E-state index contributed by atoms with van der Waals surface area (Å²) in [5.74, 6) is -7.30. The van der Waals surface area contributed by atoms with Gasteiger partial charge < -0.3 is 34.2 Å². The summed E-state index contributed by atoms with van der Waals surface area (Å²) in [6, 6.07) is 0. The van der Waals surface area contributed by atoms with E-state index in [4.69, 9.17) is 42.9 Å². The van der Waals surface area contributed by atoms with Gasteiger partial charge in [-0.3, -0.25) is 0 Å². The Morgan fingerprint density at radius 3 is 0.667 bits per heavy atom. The van der Waals surface area contributed by atoms with Crippen molar-refractivity contribution in [2.24, 2.45) is 0 Å². The topological polar surface area (TPSA) is 229 Å². The molecule has 8 N–H and O–H groups in total. The van der Waals surface area contributed by atoms with Gasteiger partial charge in [-0.15, -0.1) is 0 Å². The molecule has 0 radical (unpaired) electrons. The van der Waals surface area contributed by atoms with Gasteiger partial charge in [-0.1, -0.05) is 0 Å². The molecule has 0 aromatic carbocycles. The second kappa shape index (κ2) is 31.1. The minimum absolute atomic E-state index is 0. The van der Waals surface area contributed by atoms with Crippen molar-refractivity contribution in [1.29, 1.82) is 0 Å². The fourth-order valence-corrected chi connectivity index (χ4v) is 0. The Morgan fingerprint density at radius 2 is 0.667 bits per heavy atom. The van der Waals surface area contributed by atoms with Crippen LogP contribution in [0.3, 0.4) is 0 Å². The molecule has 14 heteroatoms. The van der Waals surface area contributed by atoms with Crippen LogP contribution in [-0.4, -0.2) is 55.3 Å². The van der Waals surface area contributed by atoms with Gasteiger partial charge in [-0.2, -0.15) is 0 Å². The van der Waals surface area contributed by atoms with E-state index in [1.54, 1.807) is 0 Å². The van der Waals surface area contributed by atoms with Crippen LogP contribution in [0.4, 0.5) is 0 Å². The molecule has 0 fully saturated rings. The Bertz CT molecular complexity index is 205. The molecule has 11 nitrogen and oxygen atoms in total. The fourth-order valence-electron chi connectivity index (χ4n) is 0. The summed E-state index contributed by atoms with van der Waals surface area (Å²) in [6.45, 7) is 0. The number of carboxylic acid groups (broad SMARTS) is 4. The van der Waals surface area contributed by atoms with E-state index in [1.807, 2.05) is 0 Å². The molecule has 98 valence electrons. The minimum atomic E-state index is -1.82. The summed E-state index contributed by atoms with van der Waals surface area (Å²) >= 11 is 0.750. The normalized spacial score (nSPS) is 5.06. The molecule has 18 heavy (non-hydrogen) atoms. The average molecular weight is 360 g/mol. The Balaban J connectivity index is -0.0000000121. The van der Waals surface area contributed by atoms with Crippen LogP contribution >= 0.6 is 0 Å². The predicted molar refractivity (Wildman–Crippen MR) is 40.7 cm³/mol. The number of hydrogen-bond acceptors (Lipinski definition) is 5. The molecule has 0 heterocycles. The maximum absolute atomic E-state index is 9.10. The van der Waals surface area contributed by atoms with Crippen molar-refractivity contribution in [3.05, 3.63) is 0 Å². The third-order valence-corrected chi connectivity index (χ3v) is 0.366. The first-order chi connectivity index (χ1) is 6.29. The molecule has 0 saturated heterocycles. The van der Waals surface area contributed by atoms with Gasteiger partial charge in [0.05, 0.1) is 0 Å². The quantitative estimate of drug-likeness (QED) is 0.237. The van der Waals surface area contributed by atoms with Gasteiger partial charge in [0.1, 0.15) is 0 Å². The summed E-state index contributed by atoms with van der Waals surface area (Å²) in [5, 5.41) is 29.6. The van der Waals surface area contributed by atoms with E-state index in [2.05, 4.69) is 0 Å². The molecule has 0 rings (SSSR count). The first-order valence-corrected chi connectivity index (χ1v) is 3.05. The van der Waals surface area contributed by atoms with Gasteiger partial charge in [0.25, 0.3) is 0 Å². The zero-order valence-electron chi connectivity index (χ0n) is 11.3. The third-order valence-electron chi connectivity index (χ3n) is 0.366. The fraction of sp³-hybridized carbons (Fsp3) is 0. The molecule has 0 aromatic rings. The Hall–Kier alpha value is 1.59. The zero-order valence-corrected chi connectivity index (χ0v) is 17.1. The molecule has 0 spiro atoms. The molecule has 0 amide bonds. The van der Waals surface area contributed by atoms with Gasteiger partial charge in [0.2, 0.25) is 0 Å². The first kappa shape index (κ1) is 42.7. The number of hydrogen-bond donors (Lipinski definition) is 4. The molecule has 0 aromatic heterocycles. The van der Waals surface area contributed by atoms with Gasteiger partial charge in [-0.05, 0) is 0 Å². The number of rotatable bonds is 0. The molecule has 0 aliphatic carbocycles. The van der Waals surface area contributed by atoms with E-state index in [0.717, 1.165) is 20.4 Å². The van der Waals surface area contributed by atoms with Crippen LogP contribution in [-0.2, 0) is 42.9 Å². The molecular formula is C4H10K2O11Ti. The van der Waals surface area contributed by atoms with E-state index >= 15 is 0 Å². The molecule has 0 aliphatic heterocycles. The average Bonchev–Trinajstić information content (AvgIpc) is 2.08. The summed E-state index contributed by atoms with van der Waals surface area (Å²) in [5.41, 5.74) is 0. The molecular weight excluding hydrogens is 350 g/mol. The molecule has 0 atom stereocenters. The van der Waals surface area contributed by atoms with Crippen LogP contribution in [0.5, 0.6) is 0 Å². The zero-order chi connectivity index (χ0) is 12.3. The van der Waals surface area contributed by atoms with Crippen molar-refractivity contribution < 1.29 is 180 Å². The Kier molecular flexibility index (Phi) is 73.9. The summed E-state index contributed by atoms with van der Waals surface area (Å²) in [6.07, 6.45) is 0. The van der Waals surface area contributed by atoms with Crippen molar-refractivity contribution in [2.75, 3.05) is 0 Å². The van der Waals surface area contributed by atoms with E-state index in [9.17, 15) is 0 Å². The molecule has 0 unspecified atom stereocenters. The van der Waals surface area contributed by atoms with Crippen molar-refractivity contribution in [1.82, 2.24) is 0 Å². The van der Waals surface area contributed by atoms with Gasteiger partial charge in [-0.25, -0.2) is 19.2 Å². The second-order valence-corrected chi connectivity index (χ2v) is 1.22. The second-order valence-electron chi connectivity index (χ2n) is 1.22. The number of carbonyl (C=O) groups is 4. The van der Waals surface area contributed by atoms with Gasteiger partial charge >= 0.3 is 150 Å². The molecule has 0 saturated carbocycles. The molecule has 0 aliphatic rings. The van der Waals surface area contributed by atoms with Crippen molar-refractivity contribution in [3.8, 4) is 0 Å². The monoisotopic (exact) mass is 360 g/mol. The Morgan fingerprint density at radius 1 is 0.611 bits per heavy atom. The van der Waals surface area contributed by atoms with Crippen molar-refractivity contribution >= 4 is 23.9 Å². The first-order valence-electron chi connectivity index (χ1n) is 2.42. The van der Waals surface area contributed by atoms with Gasteiger partial charge in [0, 0.05) is 0 Å². The number of aliphatic carboxylic acids is 4. The Labute approximate surface area is 199 Å². The summed E-state index contributed by atoms with van der Waals surface area (Å²) in [7, 11) is 0. The molecule has 0 bridgehead atoms. The van der Waals surface area contributed by atoms with Crippen LogP contribution in [0, 0.1) is 0 Å². The van der Waals surface area contributed by atoms with E-state index in [1.165, 1.54) is 0 Å². The van der Waals surface area contributed by atoms with E-state index in [-0.39, 0.29) is 117 Å². The SMILES string of the molecule is O.O.O=C(O)C(=O)O.O=C(O)C(=O)O.[H-].[H-].[K+].[K+].[O]=[Ti].